The molecule has 19 heavy (non-hydrogen) atoms. The molecule has 1 aromatic carbocycles. The Balaban J connectivity index is 2.25. The molecule has 0 amide bonds. The number of hydrogen-bond acceptors (Lipinski definition) is 2. The number of carbonyl (C=O) groups excluding carboxylic acids is 1. The van der Waals surface area contributed by atoms with E-state index in [0.717, 1.165) is 14.5 Å². The molecular weight excluding hydrogens is 370 g/mol. The molecule has 0 spiro atoms. The maximum Gasteiger partial charge on any atom is 0.186 e. The van der Waals surface area contributed by atoms with Gasteiger partial charge in [0.15, 0.2) is 5.78 Å². The third-order valence-electron chi connectivity index (χ3n) is 2.72. The number of nitrogens with zero attached hydrogens (tertiary/aromatic N) is 1. The first-order valence-electron chi connectivity index (χ1n) is 5.87. The first-order chi connectivity index (χ1) is 8.95. The summed E-state index contributed by atoms with van der Waals surface area (Å²) in [5.74, 6) is 0.0179. The summed E-state index contributed by atoms with van der Waals surface area (Å²) >= 11 is 6.70. The van der Waals surface area contributed by atoms with Gasteiger partial charge in [-0.05, 0) is 57.3 Å². The smallest absolute Gasteiger partial charge is 0.186 e. The number of aromatic nitrogens is 1. The Hall–Kier alpha value is -1.000. The van der Waals surface area contributed by atoms with E-state index in [0.29, 0.717) is 12.1 Å². The van der Waals surface area contributed by atoms with Gasteiger partial charge in [0.05, 0.1) is 0 Å². The summed E-state index contributed by atoms with van der Waals surface area (Å²) < 4.78 is 1.57. The lowest BCUT2D eigenvalue weighted by atomic mass is 10.0. The minimum absolute atomic E-state index is 0.0179. The summed E-state index contributed by atoms with van der Waals surface area (Å²) in [6.07, 6.45) is 2.01. The van der Waals surface area contributed by atoms with E-state index in [9.17, 15) is 4.79 Å². The van der Waals surface area contributed by atoms with Crippen LogP contribution in [0.5, 0.6) is 0 Å². The molecule has 98 valence electrons. The van der Waals surface area contributed by atoms with Gasteiger partial charge in [-0.25, -0.2) is 0 Å². The van der Waals surface area contributed by atoms with Gasteiger partial charge in [-0.15, -0.1) is 0 Å². The van der Waals surface area contributed by atoms with Crippen LogP contribution in [-0.4, -0.2) is 10.8 Å². The van der Waals surface area contributed by atoms with Gasteiger partial charge in [-0.2, -0.15) is 0 Å². The molecule has 0 unspecified atom stereocenters. The molecule has 0 N–H and O–H groups in total. The minimum Gasteiger partial charge on any atom is -0.292 e. The van der Waals surface area contributed by atoms with E-state index in [2.05, 4.69) is 42.9 Å². The molecule has 4 heteroatoms. The third-order valence-corrected chi connectivity index (χ3v) is 3.76. The molecule has 0 atom stereocenters. The molecule has 0 saturated carbocycles. The molecule has 0 bridgehead atoms. The maximum absolute atomic E-state index is 12.3. The number of carbonyl (C=O) groups is 1. The standard InChI is InChI=1S/C15H13Br2NO/c1-9-3-10(2)5-11(4-9)6-14(19)15-13(17)7-12(16)8-18-15/h3-5,7-8H,6H2,1-2H3. The summed E-state index contributed by atoms with van der Waals surface area (Å²) in [5.41, 5.74) is 3.85. The van der Waals surface area contributed by atoms with Crippen molar-refractivity contribution in [2.24, 2.45) is 0 Å². The van der Waals surface area contributed by atoms with Crippen molar-refractivity contribution in [2.75, 3.05) is 0 Å². The molecule has 0 radical (unpaired) electrons. The van der Waals surface area contributed by atoms with Crippen molar-refractivity contribution in [1.29, 1.82) is 0 Å². The number of Topliss-reactive ketones (excluding diaryl/α,β-unsaturated/α-hetero) is 1. The quantitative estimate of drug-likeness (QED) is 0.723. The molecule has 0 fully saturated rings. The fourth-order valence-corrected chi connectivity index (χ4v) is 3.27. The first kappa shape index (κ1) is 14.4. The van der Waals surface area contributed by atoms with Crippen molar-refractivity contribution >= 4 is 37.6 Å². The highest BCUT2D eigenvalue weighted by atomic mass is 79.9. The van der Waals surface area contributed by atoms with E-state index in [1.165, 1.54) is 11.1 Å². The van der Waals surface area contributed by atoms with Crippen molar-refractivity contribution in [3.8, 4) is 0 Å². The zero-order chi connectivity index (χ0) is 14.0. The van der Waals surface area contributed by atoms with Gasteiger partial charge in [-0.1, -0.05) is 29.3 Å². The van der Waals surface area contributed by atoms with E-state index in [-0.39, 0.29) is 5.78 Å². The largest absolute Gasteiger partial charge is 0.292 e. The van der Waals surface area contributed by atoms with Crippen molar-refractivity contribution < 1.29 is 4.79 Å². The second-order valence-electron chi connectivity index (χ2n) is 4.58. The topological polar surface area (TPSA) is 30.0 Å². The highest BCUT2D eigenvalue weighted by molar-refractivity contribution is 9.11. The summed E-state index contributed by atoms with van der Waals surface area (Å²) in [6.45, 7) is 4.07. The number of benzene rings is 1. The Bertz CT molecular complexity index is 618. The fourth-order valence-electron chi connectivity index (χ4n) is 2.06. The second kappa shape index (κ2) is 5.97. The van der Waals surface area contributed by atoms with Crippen LogP contribution in [0, 0.1) is 13.8 Å². The highest BCUT2D eigenvalue weighted by Gasteiger charge is 2.13. The molecule has 2 nitrogen and oxygen atoms in total. The summed E-state index contributed by atoms with van der Waals surface area (Å²) in [7, 11) is 0. The fraction of sp³-hybridized carbons (Fsp3) is 0.200. The molecule has 2 aromatic rings. The zero-order valence-corrected chi connectivity index (χ0v) is 13.9. The molecule has 0 aliphatic carbocycles. The van der Waals surface area contributed by atoms with Crippen LogP contribution in [0.2, 0.25) is 0 Å². The predicted molar refractivity (Wildman–Crippen MR) is 83.6 cm³/mol. The maximum atomic E-state index is 12.3. The molecule has 1 heterocycles. The Morgan fingerprint density at radius 2 is 1.74 bits per heavy atom. The Morgan fingerprint density at radius 3 is 2.32 bits per heavy atom. The monoisotopic (exact) mass is 381 g/mol. The van der Waals surface area contributed by atoms with Gasteiger partial charge in [0.1, 0.15) is 5.69 Å². The van der Waals surface area contributed by atoms with Crippen molar-refractivity contribution in [1.82, 2.24) is 4.98 Å². The molecule has 0 saturated heterocycles. The molecule has 0 aliphatic rings. The predicted octanol–water partition coefficient (Wildman–Crippen LogP) is 4.65. The lowest BCUT2D eigenvalue weighted by Crippen LogP contribution is -2.07. The van der Waals surface area contributed by atoms with Gasteiger partial charge >= 0.3 is 0 Å². The molecule has 2 rings (SSSR count). The van der Waals surface area contributed by atoms with E-state index in [1.807, 2.05) is 32.0 Å². The van der Waals surface area contributed by atoms with Crippen molar-refractivity contribution in [3.63, 3.8) is 0 Å². The lowest BCUT2D eigenvalue weighted by Gasteiger charge is -2.06. The lowest BCUT2D eigenvalue weighted by molar-refractivity contribution is 0.0987. The number of aryl methyl sites for hydroxylation is 2. The summed E-state index contributed by atoms with van der Waals surface area (Å²) in [4.78, 5) is 16.4. The number of pyridine rings is 1. The Morgan fingerprint density at radius 1 is 1.11 bits per heavy atom. The van der Waals surface area contributed by atoms with Crippen LogP contribution in [-0.2, 0) is 6.42 Å². The molecule has 1 aromatic heterocycles. The number of hydrogen-bond donors (Lipinski definition) is 0. The van der Waals surface area contributed by atoms with Gasteiger partial charge < -0.3 is 0 Å². The first-order valence-corrected chi connectivity index (χ1v) is 7.46. The number of rotatable bonds is 3. The number of halogens is 2. The van der Waals surface area contributed by atoms with Crippen molar-refractivity contribution in [2.45, 2.75) is 20.3 Å². The average Bonchev–Trinajstić information content (AvgIpc) is 2.26. The van der Waals surface area contributed by atoms with Crippen LogP contribution in [0.15, 0.2) is 39.4 Å². The normalized spacial score (nSPS) is 10.5. The van der Waals surface area contributed by atoms with Gasteiger partial charge in [-0.3, -0.25) is 9.78 Å². The minimum atomic E-state index is 0.0179. The van der Waals surface area contributed by atoms with Crippen LogP contribution < -0.4 is 0 Å². The van der Waals surface area contributed by atoms with Crippen molar-refractivity contribution in [3.05, 3.63) is 61.8 Å². The zero-order valence-electron chi connectivity index (χ0n) is 10.7. The van der Waals surface area contributed by atoms with Crippen LogP contribution in [0.4, 0.5) is 0 Å². The van der Waals surface area contributed by atoms with E-state index in [4.69, 9.17) is 0 Å². The molecule has 0 aliphatic heterocycles. The van der Waals surface area contributed by atoms with Crippen LogP contribution in [0.1, 0.15) is 27.2 Å². The van der Waals surface area contributed by atoms with E-state index < -0.39 is 0 Å². The third kappa shape index (κ3) is 3.74. The summed E-state index contributed by atoms with van der Waals surface area (Å²) in [6, 6.07) is 8.01. The SMILES string of the molecule is Cc1cc(C)cc(CC(=O)c2ncc(Br)cc2Br)c1. The Kier molecular flexibility index (Phi) is 4.53. The second-order valence-corrected chi connectivity index (χ2v) is 6.35. The highest BCUT2D eigenvalue weighted by Crippen LogP contribution is 2.21. The summed E-state index contributed by atoms with van der Waals surface area (Å²) in [5, 5.41) is 0. The Labute approximate surface area is 129 Å². The van der Waals surface area contributed by atoms with Gasteiger partial charge in [0.25, 0.3) is 0 Å². The van der Waals surface area contributed by atoms with E-state index >= 15 is 0 Å². The van der Waals surface area contributed by atoms with Gasteiger partial charge in [0, 0.05) is 21.6 Å². The number of ketones is 1. The van der Waals surface area contributed by atoms with Gasteiger partial charge in [0.2, 0.25) is 0 Å². The van der Waals surface area contributed by atoms with E-state index in [1.54, 1.807) is 6.20 Å². The average molecular weight is 383 g/mol. The molecular formula is C15H13Br2NO. The van der Waals surface area contributed by atoms with Crippen LogP contribution in [0.3, 0.4) is 0 Å². The van der Waals surface area contributed by atoms with Crippen LogP contribution in [0.25, 0.3) is 0 Å². The van der Waals surface area contributed by atoms with Crippen LogP contribution >= 0.6 is 31.9 Å².